The van der Waals surface area contributed by atoms with Gasteiger partial charge in [0.2, 0.25) is 5.95 Å². The number of rotatable bonds is 5. The van der Waals surface area contributed by atoms with Gasteiger partial charge in [-0.3, -0.25) is 4.79 Å². The summed E-state index contributed by atoms with van der Waals surface area (Å²) >= 11 is 5.98. The normalized spacial score (nSPS) is 11.7. The predicted molar refractivity (Wildman–Crippen MR) is 105 cm³/mol. The molecule has 0 aliphatic rings. The van der Waals surface area contributed by atoms with Crippen LogP contribution < -0.4 is 10.6 Å². The molecule has 3 rings (SSSR count). The number of hydrogen-bond acceptors (Lipinski definition) is 4. The summed E-state index contributed by atoms with van der Waals surface area (Å²) in [6.07, 6.45) is 3.00. The maximum absolute atomic E-state index is 12.4. The summed E-state index contributed by atoms with van der Waals surface area (Å²) in [6, 6.07) is 15.4. The lowest BCUT2D eigenvalue weighted by Crippen LogP contribution is -2.15. The van der Waals surface area contributed by atoms with Crippen molar-refractivity contribution in [2.45, 2.75) is 19.9 Å². The van der Waals surface area contributed by atoms with E-state index in [1.165, 1.54) is 12.4 Å². The molecule has 2 aromatic carbocycles. The summed E-state index contributed by atoms with van der Waals surface area (Å²) in [5, 5.41) is 6.62. The van der Waals surface area contributed by atoms with Crippen LogP contribution in [-0.2, 0) is 0 Å². The lowest BCUT2D eigenvalue weighted by atomic mass is 10.1. The molecule has 1 unspecified atom stereocenters. The van der Waals surface area contributed by atoms with Crippen LogP contribution in [0.5, 0.6) is 0 Å². The molecule has 2 N–H and O–H groups in total. The van der Waals surface area contributed by atoms with Gasteiger partial charge in [0, 0.05) is 23.1 Å². The van der Waals surface area contributed by atoms with Gasteiger partial charge >= 0.3 is 0 Å². The van der Waals surface area contributed by atoms with Crippen LogP contribution in [0, 0.1) is 6.92 Å². The molecule has 1 aromatic heterocycles. The van der Waals surface area contributed by atoms with Crippen molar-refractivity contribution in [2.75, 3.05) is 10.6 Å². The van der Waals surface area contributed by atoms with Crippen molar-refractivity contribution in [2.24, 2.45) is 0 Å². The van der Waals surface area contributed by atoms with Gasteiger partial charge in [0.25, 0.3) is 5.91 Å². The van der Waals surface area contributed by atoms with Crippen molar-refractivity contribution in [1.82, 2.24) is 9.97 Å². The molecule has 0 radical (unpaired) electrons. The van der Waals surface area contributed by atoms with Gasteiger partial charge in [-0.25, -0.2) is 9.97 Å². The average Bonchev–Trinajstić information content (AvgIpc) is 2.66. The second-order valence-corrected chi connectivity index (χ2v) is 6.42. The van der Waals surface area contributed by atoms with Gasteiger partial charge in [-0.1, -0.05) is 48.0 Å². The Morgan fingerprint density at radius 3 is 2.46 bits per heavy atom. The maximum Gasteiger partial charge on any atom is 0.258 e. The Morgan fingerprint density at radius 2 is 1.77 bits per heavy atom. The molecule has 26 heavy (non-hydrogen) atoms. The smallest absolute Gasteiger partial charge is 0.258 e. The minimum Gasteiger partial charge on any atom is -0.348 e. The van der Waals surface area contributed by atoms with Gasteiger partial charge in [0.1, 0.15) is 0 Å². The Bertz CT molecular complexity index is 897. The number of halogens is 1. The van der Waals surface area contributed by atoms with Gasteiger partial charge in [0.15, 0.2) is 0 Å². The lowest BCUT2D eigenvalue weighted by molar-refractivity contribution is 0.102. The number of aryl methyl sites for hydroxylation is 1. The van der Waals surface area contributed by atoms with E-state index in [9.17, 15) is 4.79 Å². The number of nitrogens with zero attached hydrogens (tertiary/aromatic N) is 2. The third kappa shape index (κ3) is 4.37. The predicted octanol–water partition coefficient (Wildman–Crippen LogP) is 4.86. The van der Waals surface area contributed by atoms with E-state index < -0.39 is 0 Å². The van der Waals surface area contributed by atoms with Crippen molar-refractivity contribution in [3.8, 4) is 0 Å². The third-order valence-electron chi connectivity index (χ3n) is 4.01. The molecule has 3 aromatic rings. The SMILES string of the molecule is Cc1ccc(Cl)cc1NC(=O)c1cnc(NC(C)c2ccccc2)nc1. The van der Waals surface area contributed by atoms with Crippen LogP contribution in [0.1, 0.15) is 34.5 Å². The largest absolute Gasteiger partial charge is 0.348 e. The summed E-state index contributed by atoms with van der Waals surface area (Å²) in [5.74, 6) is 0.190. The minimum atomic E-state index is -0.280. The van der Waals surface area contributed by atoms with Crippen molar-refractivity contribution >= 4 is 29.1 Å². The molecule has 6 heteroatoms. The lowest BCUT2D eigenvalue weighted by Gasteiger charge is -2.14. The quantitative estimate of drug-likeness (QED) is 0.676. The Hall–Kier alpha value is -2.92. The van der Waals surface area contributed by atoms with Crippen LogP contribution in [-0.4, -0.2) is 15.9 Å². The molecule has 1 atom stereocenters. The van der Waals surface area contributed by atoms with Gasteiger partial charge < -0.3 is 10.6 Å². The van der Waals surface area contributed by atoms with E-state index in [1.54, 1.807) is 12.1 Å². The van der Waals surface area contributed by atoms with Crippen molar-refractivity contribution in [3.05, 3.63) is 82.6 Å². The van der Waals surface area contributed by atoms with Crippen LogP contribution in [0.15, 0.2) is 60.9 Å². The topological polar surface area (TPSA) is 66.9 Å². The number of nitrogens with one attached hydrogen (secondary N) is 2. The number of carbonyl (C=O) groups excluding carboxylic acids is 1. The van der Waals surface area contributed by atoms with Crippen LogP contribution >= 0.6 is 11.6 Å². The summed E-state index contributed by atoms with van der Waals surface area (Å²) in [4.78, 5) is 20.9. The maximum atomic E-state index is 12.4. The molecule has 1 amide bonds. The van der Waals surface area contributed by atoms with E-state index in [1.807, 2.05) is 50.2 Å². The number of benzene rings is 2. The first kappa shape index (κ1) is 17.9. The second-order valence-electron chi connectivity index (χ2n) is 5.99. The number of hydrogen-bond donors (Lipinski definition) is 2. The van der Waals surface area contributed by atoms with Crippen molar-refractivity contribution in [3.63, 3.8) is 0 Å². The summed E-state index contributed by atoms with van der Waals surface area (Å²) in [7, 11) is 0. The summed E-state index contributed by atoms with van der Waals surface area (Å²) < 4.78 is 0. The molecular formula is C20H19ClN4O. The molecule has 132 valence electrons. The first-order valence-electron chi connectivity index (χ1n) is 8.24. The van der Waals surface area contributed by atoms with Gasteiger partial charge in [0.05, 0.1) is 11.6 Å². The average molecular weight is 367 g/mol. The van der Waals surface area contributed by atoms with E-state index in [-0.39, 0.29) is 11.9 Å². The Labute approximate surface area is 157 Å². The van der Waals surface area contributed by atoms with Crippen molar-refractivity contribution in [1.29, 1.82) is 0 Å². The zero-order valence-corrected chi connectivity index (χ0v) is 15.3. The first-order valence-corrected chi connectivity index (χ1v) is 8.62. The standard InChI is InChI=1S/C20H19ClN4O/c1-13-8-9-17(21)10-18(13)25-19(26)16-11-22-20(23-12-16)24-14(2)15-6-4-3-5-7-15/h3-12,14H,1-2H3,(H,25,26)(H,22,23,24). The van der Waals surface area contributed by atoms with E-state index in [0.29, 0.717) is 22.2 Å². The van der Waals surface area contributed by atoms with Crippen LogP contribution in [0.4, 0.5) is 11.6 Å². The molecule has 1 heterocycles. The molecule has 0 saturated heterocycles. The first-order chi connectivity index (χ1) is 12.5. The Kier molecular flexibility index (Phi) is 5.49. The summed E-state index contributed by atoms with van der Waals surface area (Å²) in [6.45, 7) is 3.93. The molecule has 0 aliphatic carbocycles. The van der Waals surface area contributed by atoms with Gasteiger partial charge in [-0.05, 0) is 37.1 Å². The van der Waals surface area contributed by atoms with Crippen LogP contribution in [0.3, 0.4) is 0 Å². The van der Waals surface area contributed by atoms with E-state index in [4.69, 9.17) is 11.6 Å². The molecule has 0 saturated carbocycles. The monoisotopic (exact) mass is 366 g/mol. The molecule has 0 fully saturated rings. The minimum absolute atomic E-state index is 0.0602. The zero-order valence-electron chi connectivity index (χ0n) is 14.5. The highest BCUT2D eigenvalue weighted by atomic mass is 35.5. The molecule has 5 nitrogen and oxygen atoms in total. The fourth-order valence-electron chi connectivity index (χ4n) is 2.46. The highest BCUT2D eigenvalue weighted by Gasteiger charge is 2.11. The Morgan fingerprint density at radius 1 is 1.08 bits per heavy atom. The molecule has 0 spiro atoms. The van der Waals surface area contributed by atoms with Gasteiger partial charge in [-0.15, -0.1) is 0 Å². The van der Waals surface area contributed by atoms with Gasteiger partial charge in [-0.2, -0.15) is 0 Å². The number of amides is 1. The molecular weight excluding hydrogens is 348 g/mol. The van der Waals surface area contributed by atoms with Crippen molar-refractivity contribution < 1.29 is 4.79 Å². The fourth-order valence-corrected chi connectivity index (χ4v) is 2.63. The van der Waals surface area contributed by atoms with E-state index >= 15 is 0 Å². The Balaban J connectivity index is 1.67. The second kappa shape index (κ2) is 7.97. The number of aromatic nitrogens is 2. The highest BCUT2D eigenvalue weighted by molar-refractivity contribution is 6.31. The summed E-state index contributed by atoms with van der Waals surface area (Å²) in [5.41, 5.74) is 3.11. The third-order valence-corrected chi connectivity index (χ3v) is 4.24. The van der Waals surface area contributed by atoms with Crippen LogP contribution in [0.25, 0.3) is 0 Å². The molecule has 0 aliphatic heterocycles. The number of anilines is 2. The zero-order chi connectivity index (χ0) is 18.5. The van der Waals surface area contributed by atoms with E-state index in [2.05, 4.69) is 20.6 Å². The molecule has 0 bridgehead atoms. The van der Waals surface area contributed by atoms with Crippen LogP contribution in [0.2, 0.25) is 5.02 Å². The fraction of sp³-hybridized carbons (Fsp3) is 0.150. The van der Waals surface area contributed by atoms with E-state index in [0.717, 1.165) is 11.1 Å². The highest BCUT2D eigenvalue weighted by Crippen LogP contribution is 2.21. The number of carbonyl (C=O) groups is 1.